The molecule has 0 aromatic heterocycles. The van der Waals surface area contributed by atoms with Crippen molar-refractivity contribution in [2.45, 2.75) is 50.2 Å². The molecule has 0 saturated heterocycles. The fourth-order valence-electron chi connectivity index (χ4n) is 4.70. The number of hydrogen-bond acceptors (Lipinski definition) is 4. The Kier molecular flexibility index (Phi) is 10.8. The summed E-state index contributed by atoms with van der Waals surface area (Å²) in [7, 11) is -2.67. The van der Waals surface area contributed by atoms with Crippen molar-refractivity contribution in [1.29, 1.82) is 0 Å². The van der Waals surface area contributed by atoms with E-state index in [9.17, 15) is 18.0 Å². The van der Waals surface area contributed by atoms with E-state index in [-0.39, 0.29) is 29.8 Å². The number of nitrogens with zero attached hydrogens (tertiary/aromatic N) is 2. The van der Waals surface area contributed by atoms with Gasteiger partial charge in [0.1, 0.15) is 6.04 Å². The molecule has 0 unspecified atom stereocenters. The number of nitrogens with one attached hydrogen (secondary N) is 1. The van der Waals surface area contributed by atoms with Gasteiger partial charge in [-0.2, -0.15) is 4.31 Å². The Hall–Kier alpha value is -3.43. The zero-order chi connectivity index (χ0) is 31.1. The van der Waals surface area contributed by atoms with Gasteiger partial charge >= 0.3 is 0 Å². The van der Waals surface area contributed by atoms with Gasteiger partial charge in [0.15, 0.2) is 0 Å². The molecule has 0 spiro atoms. The Morgan fingerprint density at radius 3 is 2.23 bits per heavy atom. The van der Waals surface area contributed by atoms with Crippen LogP contribution in [0, 0.1) is 0 Å². The van der Waals surface area contributed by atoms with Gasteiger partial charge in [-0.05, 0) is 59.5 Å². The molecule has 7 nitrogen and oxygen atoms in total. The lowest BCUT2D eigenvalue weighted by molar-refractivity contribution is -0.141. The number of rotatable bonds is 12. The first kappa shape index (κ1) is 32.5. The van der Waals surface area contributed by atoms with Crippen LogP contribution in [0.2, 0.25) is 10.0 Å². The Labute approximate surface area is 263 Å². The summed E-state index contributed by atoms with van der Waals surface area (Å²) in [6.07, 6.45) is 0.925. The number of likely N-dealkylation sites (N-methyl/N-ethyl adjacent to an activating group) is 1. The van der Waals surface area contributed by atoms with Crippen LogP contribution in [-0.2, 0) is 32.6 Å². The monoisotopic (exact) mass is 639 g/mol. The second kappa shape index (κ2) is 14.4. The van der Waals surface area contributed by atoms with Crippen molar-refractivity contribution in [2.75, 3.05) is 13.6 Å². The van der Waals surface area contributed by atoms with Crippen LogP contribution >= 0.6 is 23.2 Å². The molecule has 0 aliphatic rings. The normalized spacial score (nSPS) is 13.1. The third-order valence-electron chi connectivity index (χ3n) is 7.41. The van der Waals surface area contributed by atoms with Crippen LogP contribution < -0.4 is 5.32 Å². The third-order valence-corrected chi connectivity index (χ3v) is 9.80. The van der Waals surface area contributed by atoms with E-state index >= 15 is 0 Å². The van der Waals surface area contributed by atoms with Gasteiger partial charge in [0.2, 0.25) is 21.8 Å². The van der Waals surface area contributed by atoms with Crippen molar-refractivity contribution in [2.24, 2.45) is 0 Å². The minimum absolute atomic E-state index is 0.0237. The first-order chi connectivity index (χ1) is 20.5. The molecular formula is C33H35Cl2N3O4S. The summed E-state index contributed by atoms with van der Waals surface area (Å²) < 4.78 is 28.2. The predicted molar refractivity (Wildman–Crippen MR) is 173 cm³/mol. The topological polar surface area (TPSA) is 86.8 Å². The largest absolute Gasteiger partial charge is 0.352 e. The molecular weight excluding hydrogens is 605 g/mol. The smallest absolute Gasteiger partial charge is 0.243 e. The number of sulfonamides is 1. The fraction of sp³-hybridized carbons (Fsp3) is 0.273. The highest BCUT2D eigenvalue weighted by molar-refractivity contribution is 7.89. The van der Waals surface area contributed by atoms with Gasteiger partial charge in [0, 0.05) is 36.1 Å². The number of carbonyl (C=O) groups excluding carboxylic acids is 2. The van der Waals surface area contributed by atoms with Gasteiger partial charge in [-0.15, -0.1) is 0 Å². The van der Waals surface area contributed by atoms with E-state index in [0.717, 1.165) is 20.6 Å². The van der Waals surface area contributed by atoms with E-state index in [2.05, 4.69) is 5.32 Å². The summed E-state index contributed by atoms with van der Waals surface area (Å²) in [4.78, 5) is 29.3. The van der Waals surface area contributed by atoms with Gasteiger partial charge in [0.25, 0.3) is 0 Å². The summed E-state index contributed by atoms with van der Waals surface area (Å²) in [5.74, 6) is -0.880. The Bertz CT molecular complexity index is 1700. The molecule has 10 heteroatoms. The van der Waals surface area contributed by atoms with E-state index in [1.54, 1.807) is 30.3 Å². The summed E-state index contributed by atoms with van der Waals surface area (Å²) in [5.41, 5.74) is 1.43. The maximum absolute atomic E-state index is 14.1. The summed E-state index contributed by atoms with van der Waals surface area (Å²) in [6.45, 7) is 3.34. The molecule has 1 N–H and O–H groups in total. The van der Waals surface area contributed by atoms with E-state index < -0.39 is 28.5 Å². The van der Waals surface area contributed by atoms with E-state index in [1.807, 2.05) is 68.4 Å². The highest BCUT2D eigenvalue weighted by Crippen LogP contribution is 2.25. The Morgan fingerprint density at radius 1 is 0.884 bits per heavy atom. The van der Waals surface area contributed by atoms with Crippen LogP contribution in [0.15, 0.2) is 95.9 Å². The van der Waals surface area contributed by atoms with Crippen molar-refractivity contribution < 1.29 is 18.0 Å². The Morgan fingerprint density at radius 2 is 1.56 bits per heavy atom. The lowest BCUT2D eigenvalue weighted by Gasteiger charge is -2.33. The van der Waals surface area contributed by atoms with E-state index in [1.165, 1.54) is 18.0 Å². The van der Waals surface area contributed by atoms with Crippen LogP contribution in [0.5, 0.6) is 0 Å². The molecule has 4 rings (SSSR count). The predicted octanol–water partition coefficient (Wildman–Crippen LogP) is 6.32. The van der Waals surface area contributed by atoms with E-state index in [4.69, 9.17) is 23.2 Å². The molecule has 0 bridgehead atoms. The summed E-state index contributed by atoms with van der Waals surface area (Å²) >= 11 is 12.6. The molecule has 4 aromatic rings. The van der Waals surface area contributed by atoms with Crippen LogP contribution in [0.1, 0.15) is 31.4 Å². The number of carbonyl (C=O) groups is 2. The molecule has 43 heavy (non-hydrogen) atoms. The van der Waals surface area contributed by atoms with E-state index in [0.29, 0.717) is 22.0 Å². The standard InChI is InChI=1S/C33H35Cl2N3O4S/c1-4-23(2)36-33(40)31(18-24-10-6-5-7-11-24)38(21-27-14-16-28(34)20-30(27)35)32(39)22-37(3)43(41,42)29-17-15-25-12-8-9-13-26(25)19-29/h5-17,19-20,23,31H,4,18,21-22H2,1-3H3,(H,36,40)/t23-,31-/m1/s1. The van der Waals surface area contributed by atoms with Crippen molar-refractivity contribution in [3.05, 3.63) is 112 Å². The molecule has 0 fully saturated rings. The molecule has 0 radical (unpaired) electrons. The first-order valence-electron chi connectivity index (χ1n) is 14.0. The number of fused-ring (bicyclic) bond motifs is 1. The average molecular weight is 641 g/mol. The highest BCUT2D eigenvalue weighted by Gasteiger charge is 2.33. The SMILES string of the molecule is CC[C@@H](C)NC(=O)[C@@H](Cc1ccccc1)N(Cc1ccc(Cl)cc1Cl)C(=O)CN(C)S(=O)(=O)c1ccc2ccccc2c1. The second-order valence-electron chi connectivity index (χ2n) is 10.6. The quantitative estimate of drug-likeness (QED) is 0.196. The molecule has 4 aromatic carbocycles. The van der Waals surface area contributed by atoms with Gasteiger partial charge in [0.05, 0.1) is 11.4 Å². The number of hydrogen-bond donors (Lipinski definition) is 1. The van der Waals surface area contributed by atoms with Gasteiger partial charge in [-0.25, -0.2) is 8.42 Å². The van der Waals surface area contributed by atoms with Crippen LogP contribution in [0.25, 0.3) is 10.8 Å². The van der Waals surface area contributed by atoms with Crippen molar-refractivity contribution in [1.82, 2.24) is 14.5 Å². The number of halogens is 2. The third kappa shape index (κ3) is 8.15. The maximum Gasteiger partial charge on any atom is 0.243 e. The Balaban J connectivity index is 1.70. The maximum atomic E-state index is 14.1. The molecule has 2 amide bonds. The van der Waals surface area contributed by atoms with Gasteiger partial charge < -0.3 is 10.2 Å². The van der Waals surface area contributed by atoms with Crippen molar-refractivity contribution in [3.63, 3.8) is 0 Å². The highest BCUT2D eigenvalue weighted by atomic mass is 35.5. The zero-order valence-corrected chi connectivity index (χ0v) is 26.7. The van der Waals surface area contributed by atoms with Gasteiger partial charge in [-0.3, -0.25) is 9.59 Å². The van der Waals surface area contributed by atoms with Crippen molar-refractivity contribution >= 4 is 55.8 Å². The zero-order valence-electron chi connectivity index (χ0n) is 24.3. The molecule has 0 saturated carbocycles. The van der Waals surface area contributed by atoms with Crippen LogP contribution in [-0.4, -0.2) is 55.1 Å². The number of benzene rings is 4. The summed E-state index contributed by atoms with van der Waals surface area (Å²) in [6, 6.07) is 25.6. The average Bonchev–Trinajstić information content (AvgIpc) is 2.99. The first-order valence-corrected chi connectivity index (χ1v) is 16.2. The van der Waals surface area contributed by atoms with Gasteiger partial charge in [-0.1, -0.05) is 96.9 Å². The molecule has 226 valence electrons. The minimum Gasteiger partial charge on any atom is -0.352 e. The lowest BCUT2D eigenvalue weighted by atomic mass is 10.0. The van der Waals surface area contributed by atoms with Crippen LogP contribution in [0.3, 0.4) is 0 Å². The van der Waals surface area contributed by atoms with Crippen molar-refractivity contribution in [3.8, 4) is 0 Å². The fourth-order valence-corrected chi connectivity index (χ4v) is 6.33. The lowest BCUT2D eigenvalue weighted by Crippen LogP contribution is -2.54. The minimum atomic E-state index is -4.03. The molecule has 0 heterocycles. The summed E-state index contributed by atoms with van der Waals surface area (Å²) in [5, 5.41) is 5.45. The second-order valence-corrected chi connectivity index (χ2v) is 13.4. The molecule has 0 aliphatic heterocycles. The molecule has 2 atom stereocenters. The molecule has 0 aliphatic carbocycles. The number of amides is 2. The van der Waals surface area contributed by atoms with Crippen LogP contribution in [0.4, 0.5) is 0 Å².